The summed E-state index contributed by atoms with van der Waals surface area (Å²) in [6.07, 6.45) is 0.984. The summed E-state index contributed by atoms with van der Waals surface area (Å²) in [5, 5.41) is 1.22. The van der Waals surface area contributed by atoms with Gasteiger partial charge in [0.2, 0.25) is 0 Å². The van der Waals surface area contributed by atoms with Gasteiger partial charge in [0.25, 0.3) is 0 Å². The summed E-state index contributed by atoms with van der Waals surface area (Å²) < 4.78 is 0. The van der Waals surface area contributed by atoms with Crippen molar-refractivity contribution >= 4 is 14.5 Å². The van der Waals surface area contributed by atoms with Crippen LogP contribution in [0.5, 0.6) is 0 Å². The summed E-state index contributed by atoms with van der Waals surface area (Å²) in [6.45, 7) is 2.84. The van der Waals surface area contributed by atoms with Crippen molar-refractivity contribution in [2.75, 3.05) is 6.54 Å². The van der Waals surface area contributed by atoms with Gasteiger partial charge in [0.15, 0.2) is 0 Å². The van der Waals surface area contributed by atoms with Crippen LogP contribution in [-0.4, -0.2) is 6.54 Å². The predicted octanol–water partition coefficient (Wildman–Crippen LogP) is 2.98. The fraction of sp³-hybridized carbons (Fsp3) is 0.250. The molecule has 0 amide bonds. The van der Waals surface area contributed by atoms with Gasteiger partial charge < -0.3 is 5.73 Å². The van der Waals surface area contributed by atoms with Crippen LogP contribution in [0.1, 0.15) is 29.0 Å². The van der Waals surface area contributed by atoms with E-state index >= 15 is 0 Å². The van der Waals surface area contributed by atoms with Crippen molar-refractivity contribution in [2.24, 2.45) is 5.73 Å². The number of rotatable bonds is 4. The number of nitrogens with two attached hydrogens (primary N) is 1. The molecule has 0 saturated carbocycles. The smallest absolute Gasteiger partial charge is 0.0102 e. The number of aryl methyl sites for hydroxylation is 1. The first-order valence-corrected chi connectivity index (χ1v) is 6.90. The Balaban J connectivity index is 2.39. The normalized spacial score (nSPS) is 12.4. The highest BCUT2D eigenvalue weighted by Gasteiger charge is 2.13. The van der Waals surface area contributed by atoms with E-state index in [4.69, 9.17) is 5.73 Å². The molecule has 94 valence electrons. The number of hydrogen-bond acceptors (Lipinski definition) is 1. The Morgan fingerprint density at radius 2 is 1.72 bits per heavy atom. The molecule has 2 aromatic rings. The Kier molecular flexibility index (Phi) is 4.52. The average Bonchev–Trinajstić information content (AvgIpc) is 2.36. The molecule has 2 aromatic carbocycles. The van der Waals surface area contributed by atoms with Crippen LogP contribution in [0, 0.1) is 6.92 Å². The van der Waals surface area contributed by atoms with Crippen molar-refractivity contribution < 1.29 is 0 Å². The predicted molar refractivity (Wildman–Crippen MR) is 82.5 cm³/mol. The van der Waals surface area contributed by atoms with E-state index in [1.807, 2.05) is 0 Å². The molecule has 0 spiro atoms. The molecule has 0 aliphatic carbocycles. The lowest BCUT2D eigenvalue weighted by Crippen LogP contribution is -2.10. The van der Waals surface area contributed by atoms with E-state index in [2.05, 4.69) is 64.7 Å². The van der Waals surface area contributed by atoms with E-state index < -0.39 is 0 Å². The minimum Gasteiger partial charge on any atom is -0.330 e. The van der Waals surface area contributed by atoms with Gasteiger partial charge in [-0.05, 0) is 36.3 Å². The lowest BCUT2D eigenvalue weighted by atomic mass is 9.88. The van der Waals surface area contributed by atoms with Crippen molar-refractivity contribution in [3.05, 3.63) is 65.2 Å². The lowest BCUT2D eigenvalue weighted by Gasteiger charge is -2.18. The summed E-state index contributed by atoms with van der Waals surface area (Å²) in [7, 11) is 2.76. The molecular weight excluding hydrogens is 237 g/mol. The van der Waals surface area contributed by atoms with E-state index in [1.54, 1.807) is 0 Å². The minimum absolute atomic E-state index is 0.399. The fourth-order valence-electron chi connectivity index (χ4n) is 2.36. The zero-order valence-corrected chi connectivity index (χ0v) is 11.9. The van der Waals surface area contributed by atoms with Crippen LogP contribution in [0.2, 0.25) is 0 Å². The monoisotopic (exact) mass is 257 g/mol. The molecule has 2 N–H and O–H groups in total. The molecule has 2 unspecified atom stereocenters. The van der Waals surface area contributed by atoms with Crippen molar-refractivity contribution in [3.8, 4) is 0 Å². The van der Waals surface area contributed by atoms with Crippen LogP contribution < -0.4 is 11.0 Å². The van der Waals surface area contributed by atoms with Gasteiger partial charge in [0.05, 0.1) is 0 Å². The molecule has 1 nitrogen and oxygen atoms in total. The van der Waals surface area contributed by atoms with Gasteiger partial charge in [-0.25, -0.2) is 0 Å². The first-order chi connectivity index (χ1) is 8.70. The Labute approximate surface area is 112 Å². The summed E-state index contributed by atoms with van der Waals surface area (Å²) in [6, 6.07) is 17.3. The standard InChI is InChI=1S/C16H20NP/c1-12-4-2-5-13(10-12)16(8-9-17)14-6-3-7-15(18)11-14/h2-7,10-11,16H,8-9,17-18H2,1H3. The van der Waals surface area contributed by atoms with E-state index in [-0.39, 0.29) is 0 Å². The highest BCUT2D eigenvalue weighted by molar-refractivity contribution is 7.27. The summed E-state index contributed by atoms with van der Waals surface area (Å²) in [5.41, 5.74) is 9.78. The Hall–Kier alpha value is -1.17. The van der Waals surface area contributed by atoms with E-state index in [9.17, 15) is 0 Å². The first-order valence-electron chi connectivity index (χ1n) is 6.33. The maximum absolute atomic E-state index is 5.77. The molecular formula is C16H20NP. The molecule has 2 atom stereocenters. The first kappa shape index (κ1) is 13.3. The van der Waals surface area contributed by atoms with Gasteiger partial charge in [-0.2, -0.15) is 0 Å². The Morgan fingerprint density at radius 1 is 1.06 bits per heavy atom. The van der Waals surface area contributed by atoms with Gasteiger partial charge in [-0.3, -0.25) is 0 Å². The van der Waals surface area contributed by atoms with Crippen LogP contribution >= 0.6 is 9.24 Å². The molecule has 0 radical (unpaired) electrons. The van der Waals surface area contributed by atoms with Gasteiger partial charge in [0.1, 0.15) is 0 Å². The van der Waals surface area contributed by atoms with Crippen LogP contribution in [0.15, 0.2) is 48.5 Å². The molecule has 0 heterocycles. The second-order valence-corrected chi connectivity index (χ2v) is 5.38. The van der Waals surface area contributed by atoms with E-state index in [0.717, 1.165) is 6.42 Å². The van der Waals surface area contributed by atoms with Crippen molar-refractivity contribution in [1.82, 2.24) is 0 Å². The van der Waals surface area contributed by atoms with Crippen LogP contribution in [0.25, 0.3) is 0 Å². The molecule has 18 heavy (non-hydrogen) atoms. The highest BCUT2D eigenvalue weighted by atomic mass is 31.0. The van der Waals surface area contributed by atoms with Crippen molar-refractivity contribution in [1.29, 1.82) is 0 Å². The van der Waals surface area contributed by atoms with Gasteiger partial charge in [-0.1, -0.05) is 54.1 Å². The van der Waals surface area contributed by atoms with Gasteiger partial charge >= 0.3 is 0 Å². The van der Waals surface area contributed by atoms with Crippen LogP contribution in [0.4, 0.5) is 0 Å². The van der Waals surface area contributed by atoms with E-state index in [0.29, 0.717) is 12.5 Å². The molecule has 0 bridgehead atoms. The zero-order chi connectivity index (χ0) is 13.0. The molecule has 0 aliphatic heterocycles. The summed E-state index contributed by atoms with van der Waals surface area (Å²) >= 11 is 0. The second-order valence-electron chi connectivity index (χ2n) is 4.71. The topological polar surface area (TPSA) is 26.0 Å². The molecule has 0 fully saturated rings. The van der Waals surface area contributed by atoms with Crippen LogP contribution in [0.3, 0.4) is 0 Å². The van der Waals surface area contributed by atoms with E-state index in [1.165, 1.54) is 22.0 Å². The van der Waals surface area contributed by atoms with Gasteiger partial charge in [0, 0.05) is 5.92 Å². The van der Waals surface area contributed by atoms with Crippen LogP contribution in [-0.2, 0) is 0 Å². The molecule has 0 aliphatic rings. The lowest BCUT2D eigenvalue weighted by molar-refractivity contribution is 0.726. The Morgan fingerprint density at radius 3 is 2.33 bits per heavy atom. The Bertz CT molecular complexity index is 477. The maximum Gasteiger partial charge on any atom is 0.0102 e. The fourth-order valence-corrected chi connectivity index (χ4v) is 2.66. The third-order valence-electron chi connectivity index (χ3n) is 3.21. The SMILES string of the molecule is Cc1cccc(C(CCN)c2cccc(P)c2)c1. The number of hydrogen-bond donors (Lipinski definition) is 1. The average molecular weight is 257 g/mol. The maximum atomic E-state index is 5.77. The quantitative estimate of drug-likeness (QED) is 0.837. The molecule has 0 aromatic heterocycles. The largest absolute Gasteiger partial charge is 0.330 e. The zero-order valence-electron chi connectivity index (χ0n) is 10.8. The highest BCUT2D eigenvalue weighted by Crippen LogP contribution is 2.27. The molecule has 0 saturated heterocycles. The molecule has 2 heteroatoms. The van der Waals surface area contributed by atoms with Crippen molar-refractivity contribution in [2.45, 2.75) is 19.3 Å². The molecule has 2 rings (SSSR count). The third-order valence-corrected chi connectivity index (χ3v) is 3.57. The summed E-state index contributed by atoms with van der Waals surface area (Å²) in [4.78, 5) is 0. The minimum atomic E-state index is 0.399. The van der Waals surface area contributed by atoms with Crippen molar-refractivity contribution in [3.63, 3.8) is 0 Å². The second kappa shape index (κ2) is 6.13. The number of benzene rings is 2. The van der Waals surface area contributed by atoms with Gasteiger partial charge in [-0.15, -0.1) is 9.24 Å². The summed E-state index contributed by atoms with van der Waals surface area (Å²) in [5.74, 6) is 0.399. The third kappa shape index (κ3) is 3.19.